The smallest absolute Gasteiger partial charge is 0.289 e. The summed E-state index contributed by atoms with van der Waals surface area (Å²) < 4.78 is 5.49. The lowest BCUT2D eigenvalue weighted by Crippen LogP contribution is -2.45. The van der Waals surface area contributed by atoms with Gasteiger partial charge < -0.3 is 4.74 Å². The Hall–Kier alpha value is -1.51. The quantitative estimate of drug-likeness (QED) is 0.602. The van der Waals surface area contributed by atoms with E-state index in [2.05, 4.69) is 5.32 Å². The van der Waals surface area contributed by atoms with E-state index in [-0.39, 0.29) is 5.91 Å². The normalized spacial score (nSPS) is 18.5. The summed E-state index contributed by atoms with van der Waals surface area (Å²) in [5.41, 5.74) is -0.208. The van der Waals surface area contributed by atoms with E-state index in [1.54, 1.807) is 19.9 Å². The van der Waals surface area contributed by atoms with Gasteiger partial charge in [0.1, 0.15) is 11.4 Å². The molecule has 1 aliphatic heterocycles. The van der Waals surface area contributed by atoms with E-state index in [9.17, 15) is 4.79 Å². The highest BCUT2D eigenvalue weighted by Crippen LogP contribution is 2.32. The second kappa shape index (κ2) is 2.49. The first-order valence-corrected chi connectivity index (χ1v) is 4.14. The van der Waals surface area contributed by atoms with Crippen LogP contribution in [0.1, 0.15) is 13.8 Å². The number of amides is 1. The van der Waals surface area contributed by atoms with Crippen LogP contribution < -0.4 is 10.1 Å². The van der Waals surface area contributed by atoms with Crippen LogP contribution in [-0.4, -0.2) is 11.5 Å². The minimum absolute atomic E-state index is 0.230. The molecule has 3 heteroatoms. The average Bonchev–Trinajstić information content (AvgIpc) is 2.06. The first-order valence-electron chi connectivity index (χ1n) is 4.14. The van der Waals surface area contributed by atoms with Crippen LogP contribution in [0.4, 0.5) is 5.69 Å². The second-order valence-corrected chi connectivity index (χ2v) is 3.50. The topological polar surface area (TPSA) is 40.4 Å². The van der Waals surface area contributed by atoms with E-state index >= 15 is 0 Å². The lowest BCUT2D eigenvalue weighted by molar-refractivity contribution is -0.134. The van der Waals surface area contributed by atoms with Crippen molar-refractivity contribution in [3.05, 3.63) is 24.3 Å². The average molecular weight is 176 g/mol. The summed E-state index contributed by atoms with van der Waals surface area (Å²) in [4.78, 5) is 11.4. The Balaban J connectivity index is 2.44. The molecule has 0 N–H and O–H groups in total. The molecule has 1 heterocycles. The number of rotatable bonds is 0. The zero-order valence-corrected chi connectivity index (χ0v) is 7.57. The Morgan fingerprint density at radius 1 is 1.31 bits per heavy atom. The molecule has 0 spiro atoms. The van der Waals surface area contributed by atoms with Crippen molar-refractivity contribution in [3.8, 4) is 5.75 Å². The van der Waals surface area contributed by atoms with Crippen molar-refractivity contribution >= 4 is 11.6 Å². The molecule has 1 amide bonds. The SMILES string of the molecule is CC1(C)Oc2ccccc2[N]C1=O. The van der Waals surface area contributed by atoms with Crippen LogP contribution in [0.3, 0.4) is 0 Å². The summed E-state index contributed by atoms with van der Waals surface area (Å²) in [6.07, 6.45) is 0. The summed E-state index contributed by atoms with van der Waals surface area (Å²) >= 11 is 0. The van der Waals surface area contributed by atoms with Crippen molar-refractivity contribution in [3.63, 3.8) is 0 Å². The van der Waals surface area contributed by atoms with E-state index < -0.39 is 5.60 Å². The Kier molecular flexibility index (Phi) is 1.55. The predicted octanol–water partition coefficient (Wildman–Crippen LogP) is 1.62. The lowest BCUT2D eigenvalue weighted by atomic mass is 10.1. The third kappa shape index (κ3) is 1.26. The Bertz CT molecular complexity index is 358. The van der Waals surface area contributed by atoms with Crippen molar-refractivity contribution in [1.29, 1.82) is 0 Å². The number of hydrogen-bond donors (Lipinski definition) is 0. The molecule has 0 atom stereocenters. The molecule has 13 heavy (non-hydrogen) atoms. The van der Waals surface area contributed by atoms with Gasteiger partial charge >= 0.3 is 0 Å². The van der Waals surface area contributed by atoms with Gasteiger partial charge in [-0.2, -0.15) is 0 Å². The fraction of sp³-hybridized carbons (Fsp3) is 0.300. The van der Waals surface area contributed by atoms with Crippen molar-refractivity contribution in [2.45, 2.75) is 19.4 Å². The fourth-order valence-electron chi connectivity index (χ4n) is 1.20. The third-order valence-corrected chi connectivity index (χ3v) is 1.97. The van der Waals surface area contributed by atoms with Gasteiger partial charge in [-0.25, -0.2) is 5.32 Å². The first-order chi connectivity index (χ1) is 6.09. The number of fused-ring (bicyclic) bond motifs is 1. The minimum Gasteiger partial charge on any atom is -0.476 e. The van der Waals surface area contributed by atoms with Crippen molar-refractivity contribution < 1.29 is 9.53 Å². The van der Waals surface area contributed by atoms with Gasteiger partial charge in [0.25, 0.3) is 5.91 Å². The van der Waals surface area contributed by atoms with E-state index in [1.807, 2.05) is 18.2 Å². The number of carbonyl (C=O) groups excluding carboxylic acids is 1. The number of benzene rings is 1. The molecule has 0 aliphatic carbocycles. The second-order valence-electron chi connectivity index (χ2n) is 3.50. The van der Waals surface area contributed by atoms with Crippen LogP contribution in [0.2, 0.25) is 0 Å². The number of para-hydroxylation sites is 2. The summed E-state index contributed by atoms with van der Waals surface area (Å²) in [7, 11) is 0. The van der Waals surface area contributed by atoms with E-state index in [0.717, 1.165) is 0 Å². The molecule has 1 radical (unpaired) electrons. The van der Waals surface area contributed by atoms with Crippen LogP contribution >= 0.6 is 0 Å². The molecular formula is C10H10NO2. The van der Waals surface area contributed by atoms with Gasteiger partial charge in [-0.15, -0.1) is 0 Å². The molecule has 2 rings (SSSR count). The zero-order valence-electron chi connectivity index (χ0n) is 7.57. The molecule has 67 valence electrons. The molecule has 0 aromatic heterocycles. The molecule has 1 aromatic rings. The molecule has 1 aromatic carbocycles. The largest absolute Gasteiger partial charge is 0.476 e. The first kappa shape index (κ1) is 8.10. The van der Waals surface area contributed by atoms with Gasteiger partial charge in [0, 0.05) is 0 Å². The number of hydrogen-bond acceptors (Lipinski definition) is 2. The fourth-order valence-corrected chi connectivity index (χ4v) is 1.20. The van der Waals surface area contributed by atoms with Crippen LogP contribution in [0.5, 0.6) is 5.75 Å². The maximum absolute atomic E-state index is 11.4. The molecule has 3 nitrogen and oxygen atoms in total. The van der Waals surface area contributed by atoms with Crippen molar-refractivity contribution in [1.82, 2.24) is 5.32 Å². The third-order valence-electron chi connectivity index (χ3n) is 1.97. The summed E-state index contributed by atoms with van der Waals surface area (Å²) in [6.45, 7) is 3.43. The lowest BCUT2D eigenvalue weighted by Gasteiger charge is -2.29. The predicted molar refractivity (Wildman–Crippen MR) is 48.0 cm³/mol. The highest BCUT2D eigenvalue weighted by atomic mass is 16.5. The van der Waals surface area contributed by atoms with E-state index in [0.29, 0.717) is 11.4 Å². The molecule has 0 saturated heterocycles. The highest BCUT2D eigenvalue weighted by molar-refractivity contribution is 5.91. The number of nitrogens with zero attached hydrogens (tertiary/aromatic N) is 1. The monoisotopic (exact) mass is 176 g/mol. The van der Waals surface area contributed by atoms with Crippen LogP contribution in [-0.2, 0) is 4.79 Å². The minimum atomic E-state index is -0.825. The van der Waals surface area contributed by atoms with Crippen LogP contribution in [0.25, 0.3) is 0 Å². The molecular weight excluding hydrogens is 166 g/mol. The molecule has 1 aliphatic rings. The number of ether oxygens (including phenoxy) is 1. The number of carbonyl (C=O) groups is 1. The maximum Gasteiger partial charge on any atom is 0.289 e. The van der Waals surface area contributed by atoms with Gasteiger partial charge in [-0.05, 0) is 26.0 Å². The summed E-state index contributed by atoms with van der Waals surface area (Å²) in [6, 6.07) is 7.27. The van der Waals surface area contributed by atoms with Gasteiger partial charge in [0.05, 0.1) is 0 Å². The Morgan fingerprint density at radius 3 is 2.77 bits per heavy atom. The van der Waals surface area contributed by atoms with Gasteiger partial charge in [-0.1, -0.05) is 12.1 Å². The molecule has 0 unspecified atom stereocenters. The molecule has 0 bridgehead atoms. The Morgan fingerprint density at radius 2 is 2.00 bits per heavy atom. The van der Waals surface area contributed by atoms with Crippen molar-refractivity contribution in [2.24, 2.45) is 0 Å². The summed E-state index contributed by atoms with van der Waals surface area (Å²) in [5, 5.41) is 3.93. The van der Waals surface area contributed by atoms with Gasteiger partial charge in [-0.3, -0.25) is 4.79 Å². The summed E-state index contributed by atoms with van der Waals surface area (Å²) in [5.74, 6) is 0.443. The van der Waals surface area contributed by atoms with Crippen LogP contribution in [0.15, 0.2) is 24.3 Å². The molecule has 0 fully saturated rings. The van der Waals surface area contributed by atoms with E-state index in [4.69, 9.17) is 4.74 Å². The highest BCUT2D eigenvalue weighted by Gasteiger charge is 2.36. The Labute approximate surface area is 76.7 Å². The molecule has 0 saturated carbocycles. The van der Waals surface area contributed by atoms with Crippen LogP contribution in [0, 0.1) is 0 Å². The zero-order chi connectivity index (χ0) is 9.47. The maximum atomic E-state index is 11.4. The van der Waals surface area contributed by atoms with Gasteiger partial charge in [0.2, 0.25) is 0 Å². The van der Waals surface area contributed by atoms with E-state index in [1.165, 1.54) is 0 Å². The van der Waals surface area contributed by atoms with Gasteiger partial charge in [0.15, 0.2) is 5.60 Å². The van der Waals surface area contributed by atoms with Crippen molar-refractivity contribution in [2.75, 3.05) is 0 Å². The standard InChI is InChI=1S/C10H10NO2/c1-10(2)9(12)11-7-5-3-4-6-8(7)13-10/h3-6H,1-2H3.